The number of carbonyl (C=O) groups excluding carboxylic acids is 1. The summed E-state index contributed by atoms with van der Waals surface area (Å²) in [4.78, 5) is 25.3. The summed E-state index contributed by atoms with van der Waals surface area (Å²) >= 11 is 0. The fourth-order valence-electron chi connectivity index (χ4n) is 1.51. The summed E-state index contributed by atoms with van der Waals surface area (Å²) in [5.74, 6) is -0.545. The van der Waals surface area contributed by atoms with Crippen molar-refractivity contribution in [2.24, 2.45) is 0 Å². The van der Waals surface area contributed by atoms with E-state index in [1.807, 2.05) is 0 Å². The Bertz CT molecular complexity index is 610. The average Bonchev–Trinajstić information content (AvgIpc) is 2.45. The predicted molar refractivity (Wildman–Crippen MR) is 67.4 cm³/mol. The van der Waals surface area contributed by atoms with Gasteiger partial charge in [-0.1, -0.05) is 18.2 Å². The van der Waals surface area contributed by atoms with E-state index in [1.54, 1.807) is 36.4 Å². The third-order valence-corrected chi connectivity index (χ3v) is 2.41. The van der Waals surface area contributed by atoms with Crippen molar-refractivity contribution in [2.75, 3.05) is 0 Å². The Hall–Kier alpha value is -2.69. The van der Waals surface area contributed by atoms with Crippen LogP contribution in [-0.2, 0) is 6.61 Å². The number of aromatic carboxylic acids is 1. The third-order valence-electron chi connectivity index (χ3n) is 2.41. The van der Waals surface area contributed by atoms with E-state index in [0.29, 0.717) is 17.0 Å². The molecule has 1 aromatic heterocycles. The zero-order valence-corrected chi connectivity index (χ0v) is 9.95. The maximum atomic E-state index is 10.8. The molecule has 0 amide bonds. The molecule has 0 fully saturated rings. The third kappa shape index (κ3) is 3.38. The number of benzene rings is 1. The van der Waals surface area contributed by atoms with Gasteiger partial charge >= 0.3 is 5.97 Å². The van der Waals surface area contributed by atoms with Crippen LogP contribution in [0.5, 0.6) is 5.75 Å². The molecule has 2 rings (SSSR count). The smallest absolute Gasteiger partial charge is 0.354 e. The molecular weight excluding hydrogens is 246 g/mol. The van der Waals surface area contributed by atoms with Gasteiger partial charge in [-0.15, -0.1) is 0 Å². The van der Waals surface area contributed by atoms with Crippen molar-refractivity contribution in [1.82, 2.24) is 4.98 Å². The zero-order valence-electron chi connectivity index (χ0n) is 9.95. The van der Waals surface area contributed by atoms with E-state index in [4.69, 9.17) is 9.84 Å². The van der Waals surface area contributed by atoms with Crippen molar-refractivity contribution < 1.29 is 19.4 Å². The fraction of sp³-hybridized carbons (Fsp3) is 0.0714. The van der Waals surface area contributed by atoms with Gasteiger partial charge in [-0.3, -0.25) is 4.79 Å². The second-order valence-electron chi connectivity index (χ2n) is 3.80. The summed E-state index contributed by atoms with van der Waals surface area (Å²) in [6, 6.07) is 11.4. The van der Waals surface area contributed by atoms with E-state index < -0.39 is 5.97 Å². The number of aromatic nitrogens is 1. The Morgan fingerprint density at radius 3 is 2.79 bits per heavy atom. The van der Waals surface area contributed by atoms with E-state index in [0.717, 1.165) is 6.29 Å². The van der Waals surface area contributed by atoms with Crippen LogP contribution in [0.3, 0.4) is 0 Å². The molecular formula is C14H11NO4. The summed E-state index contributed by atoms with van der Waals surface area (Å²) < 4.78 is 5.45. The molecule has 0 radical (unpaired) electrons. The molecule has 0 atom stereocenters. The molecule has 0 spiro atoms. The summed E-state index contributed by atoms with van der Waals surface area (Å²) in [6.45, 7) is 0.142. The number of carbonyl (C=O) groups is 2. The van der Waals surface area contributed by atoms with Gasteiger partial charge in [0.15, 0.2) is 0 Å². The Balaban J connectivity index is 2.07. The summed E-state index contributed by atoms with van der Waals surface area (Å²) in [6.07, 6.45) is 0.732. The molecule has 0 aliphatic rings. The molecule has 5 nitrogen and oxygen atoms in total. The molecule has 2 aromatic rings. The van der Waals surface area contributed by atoms with Gasteiger partial charge in [0.25, 0.3) is 0 Å². The molecule has 5 heteroatoms. The van der Waals surface area contributed by atoms with E-state index in [-0.39, 0.29) is 12.3 Å². The van der Waals surface area contributed by atoms with Crippen LogP contribution in [0.2, 0.25) is 0 Å². The van der Waals surface area contributed by atoms with Crippen molar-refractivity contribution in [3.63, 3.8) is 0 Å². The molecule has 19 heavy (non-hydrogen) atoms. The number of carboxylic acids is 1. The number of nitrogens with zero attached hydrogens (tertiary/aromatic N) is 1. The molecule has 1 aromatic carbocycles. The predicted octanol–water partition coefficient (Wildman–Crippen LogP) is 2.17. The molecule has 1 heterocycles. The number of ether oxygens (including phenoxy) is 1. The second kappa shape index (κ2) is 5.77. The standard InChI is InChI=1S/C14H11NO4/c16-8-10-3-1-5-12(7-10)19-9-11-4-2-6-13(15-11)14(17)18/h1-8H,9H2,(H,17,18). The van der Waals surface area contributed by atoms with Gasteiger partial charge < -0.3 is 9.84 Å². The average molecular weight is 257 g/mol. The highest BCUT2D eigenvalue weighted by Gasteiger charge is 2.05. The van der Waals surface area contributed by atoms with Crippen LogP contribution in [0, 0.1) is 0 Å². The number of aldehydes is 1. The first kappa shape index (κ1) is 12.8. The quantitative estimate of drug-likeness (QED) is 0.831. The van der Waals surface area contributed by atoms with Crippen LogP contribution in [0.15, 0.2) is 42.5 Å². The Morgan fingerprint density at radius 1 is 1.26 bits per heavy atom. The van der Waals surface area contributed by atoms with Crippen molar-refractivity contribution in [3.05, 3.63) is 59.4 Å². The Labute approximate surface area is 109 Å². The lowest BCUT2D eigenvalue weighted by atomic mass is 10.2. The van der Waals surface area contributed by atoms with Crippen LogP contribution in [0.25, 0.3) is 0 Å². The maximum Gasteiger partial charge on any atom is 0.354 e. The summed E-state index contributed by atoms with van der Waals surface area (Å²) in [7, 11) is 0. The molecule has 96 valence electrons. The van der Waals surface area contributed by atoms with Gasteiger partial charge in [0.1, 0.15) is 24.3 Å². The lowest BCUT2D eigenvalue weighted by Gasteiger charge is -2.06. The van der Waals surface area contributed by atoms with Crippen molar-refractivity contribution in [2.45, 2.75) is 6.61 Å². The van der Waals surface area contributed by atoms with E-state index in [9.17, 15) is 9.59 Å². The Kier molecular flexibility index (Phi) is 3.87. The number of pyridine rings is 1. The van der Waals surface area contributed by atoms with Crippen molar-refractivity contribution >= 4 is 12.3 Å². The van der Waals surface area contributed by atoms with Gasteiger partial charge in [0.05, 0.1) is 5.69 Å². The van der Waals surface area contributed by atoms with Crippen molar-refractivity contribution in [1.29, 1.82) is 0 Å². The first-order valence-electron chi connectivity index (χ1n) is 5.56. The highest BCUT2D eigenvalue weighted by molar-refractivity contribution is 5.85. The lowest BCUT2D eigenvalue weighted by Crippen LogP contribution is -2.05. The van der Waals surface area contributed by atoms with Crippen LogP contribution in [-0.4, -0.2) is 22.3 Å². The minimum absolute atomic E-state index is 0.0252. The van der Waals surface area contributed by atoms with Crippen molar-refractivity contribution in [3.8, 4) is 5.75 Å². The highest BCUT2D eigenvalue weighted by atomic mass is 16.5. The van der Waals surface area contributed by atoms with Gasteiger partial charge in [-0.25, -0.2) is 9.78 Å². The first-order chi connectivity index (χ1) is 9.19. The largest absolute Gasteiger partial charge is 0.487 e. The molecule has 0 unspecified atom stereocenters. The first-order valence-corrected chi connectivity index (χ1v) is 5.56. The normalized spacial score (nSPS) is 9.89. The molecule has 1 N–H and O–H groups in total. The van der Waals surface area contributed by atoms with Crippen LogP contribution in [0.4, 0.5) is 0 Å². The number of carboxylic acid groups (broad SMARTS) is 1. The van der Waals surface area contributed by atoms with E-state index >= 15 is 0 Å². The summed E-state index contributed by atoms with van der Waals surface area (Å²) in [5.41, 5.74) is 1.00. The molecule has 0 aliphatic carbocycles. The molecule has 0 aliphatic heterocycles. The number of hydrogen-bond acceptors (Lipinski definition) is 4. The minimum atomic E-state index is -1.08. The lowest BCUT2D eigenvalue weighted by molar-refractivity contribution is 0.0689. The Morgan fingerprint density at radius 2 is 2.05 bits per heavy atom. The van der Waals surface area contributed by atoms with E-state index in [2.05, 4.69) is 4.98 Å². The maximum absolute atomic E-state index is 10.8. The van der Waals surface area contributed by atoms with Gasteiger partial charge in [0, 0.05) is 5.56 Å². The SMILES string of the molecule is O=Cc1cccc(OCc2cccc(C(=O)O)n2)c1. The van der Waals surface area contributed by atoms with Gasteiger partial charge in [0.2, 0.25) is 0 Å². The molecule has 0 bridgehead atoms. The monoisotopic (exact) mass is 257 g/mol. The summed E-state index contributed by atoms with van der Waals surface area (Å²) in [5, 5.41) is 8.82. The van der Waals surface area contributed by atoms with Gasteiger partial charge in [-0.05, 0) is 24.3 Å². The number of hydrogen-bond donors (Lipinski definition) is 1. The van der Waals surface area contributed by atoms with Crippen LogP contribution >= 0.6 is 0 Å². The van der Waals surface area contributed by atoms with Gasteiger partial charge in [-0.2, -0.15) is 0 Å². The number of rotatable bonds is 5. The second-order valence-corrected chi connectivity index (χ2v) is 3.80. The zero-order chi connectivity index (χ0) is 13.7. The highest BCUT2D eigenvalue weighted by Crippen LogP contribution is 2.13. The topological polar surface area (TPSA) is 76.5 Å². The fourth-order valence-corrected chi connectivity index (χ4v) is 1.51. The van der Waals surface area contributed by atoms with E-state index in [1.165, 1.54) is 6.07 Å². The minimum Gasteiger partial charge on any atom is -0.487 e. The van der Waals surface area contributed by atoms with Crippen LogP contribution in [0.1, 0.15) is 26.5 Å². The molecule has 0 saturated heterocycles. The molecule has 0 saturated carbocycles. The van der Waals surface area contributed by atoms with Crippen LogP contribution < -0.4 is 4.74 Å².